The van der Waals surface area contributed by atoms with Crippen molar-refractivity contribution in [1.82, 2.24) is 10.2 Å². The second-order valence-electron chi connectivity index (χ2n) is 6.73. The normalized spacial score (nSPS) is 22.3. The third kappa shape index (κ3) is 4.31. The fourth-order valence-corrected chi connectivity index (χ4v) is 3.05. The van der Waals surface area contributed by atoms with E-state index in [4.69, 9.17) is 0 Å². The third-order valence-corrected chi connectivity index (χ3v) is 4.42. The number of benzene rings is 1. The fraction of sp³-hybridized carbons (Fsp3) is 0.611. The lowest BCUT2D eigenvalue weighted by atomic mass is 9.86. The first kappa shape index (κ1) is 16.0. The Bertz CT molecular complexity index is 465. The van der Waals surface area contributed by atoms with E-state index in [9.17, 15) is 4.79 Å². The summed E-state index contributed by atoms with van der Waals surface area (Å²) in [6.45, 7) is 5.39. The molecule has 2 atom stereocenters. The van der Waals surface area contributed by atoms with E-state index in [2.05, 4.69) is 43.4 Å². The Kier molecular flexibility index (Phi) is 5.40. The fourth-order valence-electron chi connectivity index (χ4n) is 3.05. The Morgan fingerprint density at radius 2 is 1.95 bits per heavy atom. The first-order valence-corrected chi connectivity index (χ1v) is 8.00. The summed E-state index contributed by atoms with van der Waals surface area (Å²) in [4.78, 5) is 13.8. The van der Waals surface area contributed by atoms with Crippen molar-refractivity contribution in [3.05, 3.63) is 35.4 Å². The number of nitrogens with zero attached hydrogens (tertiary/aromatic N) is 1. The molecule has 0 aromatic heterocycles. The molecule has 21 heavy (non-hydrogen) atoms. The molecular formula is C18H28N2O. The van der Waals surface area contributed by atoms with Gasteiger partial charge in [0.2, 0.25) is 5.91 Å². The molecule has 1 aromatic carbocycles. The topological polar surface area (TPSA) is 32.3 Å². The van der Waals surface area contributed by atoms with Crippen LogP contribution < -0.4 is 5.32 Å². The smallest absolute Gasteiger partial charge is 0.239 e. The summed E-state index contributed by atoms with van der Waals surface area (Å²) in [6, 6.07) is 8.97. The zero-order chi connectivity index (χ0) is 15.4. The van der Waals surface area contributed by atoms with Gasteiger partial charge in [0, 0.05) is 14.1 Å². The first-order valence-electron chi connectivity index (χ1n) is 8.00. The second-order valence-corrected chi connectivity index (χ2v) is 6.73. The number of carbonyl (C=O) groups is 1. The Morgan fingerprint density at radius 1 is 1.29 bits per heavy atom. The molecule has 1 fully saturated rings. The molecule has 1 aliphatic rings. The van der Waals surface area contributed by atoms with E-state index in [-0.39, 0.29) is 11.9 Å². The number of hydrogen-bond donors (Lipinski definition) is 1. The van der Waals surface area contributed by atoms with Crippen LogP contribution in [-0.2, 0) is 11.2 Å². The number of carbonyl (C=O) groups excluding carboxylic acids is 1. The molecule has 3 heteroatoms. The molecule has 116 valence electrons. The molecule has 2 rings (SSSR count). The Morgan fingerprint density at radius 3 is 2.52 bits per heavy atom. The maximum atomic E-state index is 12.1. The van der Waals surface area contributed by atoms with E-state index in [0.29, 0.717) is 11.8 Å². The van der Waals surface area contributed by atoms with E-state index in [1.54, 1.807) is 4.90 Å². The minimum atomic E-state index is -0.00585. The molecule has 0 spiro atoms. The minimum Gasteiger partial charge on any atom is -0.347 e. The van der Waals surface area contributed by atoms with Gasteiger partial charge >= 0.3 is 0 Å². The summed E-state index contributed by atoms with van der Waals surface area (Å²) in [5.41, 5.74) is 2.78. The quantitative estimate of drug-likeness (QED) is 0.924. The molecule has 0 aliphatic carbocycles. The summed E-state index contributed by atoms with van der Waals surface area (Å²) in [5.74, 6) is 1.39. The first-order chi connectivity index (χ1) is 9.97. The Labute approximate surface area is 128 Å². The molecule has 3 nitrogen and oxygen atoms in total. The second kappa shape index (κ2) is 7.08. The van der Waals surface area contributed by atoms with Crippen molar-refractivity contribution >= 4 is 5.91 Å². The summed E-state index contributed by atoms with van der Waals surface area (Å²) in [6.07, 6.45) is 3.18. The average Bonchev–Trinajstić information content (AvgIpc) is 2.47. The van der Waals surface area contributed by atoms with Crippen LogP contribution >= 0.6 is 0 Å². The van der Waals surface area contributed by atoms with Crippen molar-refractivity contribution in [1.29, 1.82) is 0 Å². The lowest BCUT2D eigenvalue weighted by Gasteiger charge is -2.31. The van der Waals surface area contributed by atoms with Crippen molar-refractivity contribution in [3.63, 3.8) is 0 Å². The molecule has 0 bridgehead atoms. The summed E-state index contributed by atoms with van der Waals surface area (Å²) in [5, 5.41) is 3.35. The van der Waals surface area contributed by atoms with Crippen LogP contribution in [0.25, 0.3) is 0 Å². The summed E-state index contributed by atoms with van der Waals surface area (Å²) in [7, 11) is 3.66. The predicted molar refractivity (Wildman–Crippen MR) is 87.4 cm³/mol. The van der Waals surface area contributed by atoms with Crippen LogP contribution in [0.15, 0.2) is 24.3 Å². The maximum absolute atomic E-state index is 12.1. The van der Waals surface area contributed by atoms with Gasteiger partial charge < -0.3 is 10.2 Å². The number of rotatable bonds is 4. The van der Waals surface area contributed by atoms with Gasteiger partial charge in [-0.3, -0.25) is 4.79 Å². The molecule has 1 aliphatic heterocycles. The monoisotopic (exact) mass is 288 g/mol. The zero-order valence-electron chi connectivity index (χ0n) is 13.7. The molecule has 1 saturated heterocycles. The van der Waals surface area contributed by atoms with Gasteiger partial charge in [-0.25, -0.2) is 0 Å². The Balaban J connectivity index is 1.94. The standard InChI is InChI=1S/C18H28N2O/c1-13(2)16-7-5-14(6-8-16)11-15-9-10-19-17(12-15)18(21)20(3)4/h5-8,13,15,17,19H,9-12H2,1-4H3. The minimum absolute atomic E-state index is 0.00585. The largest absolute Gasteiger partial charge is 0.347 e. The highest BCUT2D eigenvalue weighted by Gasteiger charge is 2.27. The SMILES string of the molecule is CC(C)c1ccc(CC2CCNC(C(=O)N(C)C)C2)cc1. The van der Waals surface area contributed by atoms with Crippen LogP contribution in [0.1, 0.15) is 43.7 Å². The van der Waals surface area contributed by atoms with Crippen LogP contribution in [0.4, 0.5) is 0 Å². The van der Waals surface area contributed by atoms with Crippen LogP contribution in [0.3, 0.4) is 0 Å². The van der Waals surface area contributed by atoms with Crippen molar-refractivity contribution in [2.75, 3.05) is 20.6 Å². The summed E-state index contributed by atoms with van der Waals surface area (Å²) >= 11 is 0. The molecule has 1 N–H and O–H groups in total. The predicted octanol–water partition coefficient (Wildman–Crippen LogP) is 2.81. The van der Waals surface area contributed by atoms with Gasteiger partial charge in [-0.05, 0) is 48.8 Å². The molecule has 1 aromatic rings. The van der Waals surface area contributed by atoms with Crippen molar-refractivity contribution in [2.24, 2.45) is 5.92 Å². The molecule has 1 heterocycles. The molecule has 2 unspecified atom stereocenters. The number of likely N-dealkylation sites (N-methyl/N-ethyl adjacent to an activating group) is 1. The van der Waals surface area contributed by atoms with Crippen molar-refractivity contribution in [2.45, 2.75) is 45.1 Å². The van der Waals surface area contributed by atoms with Gasteiger partial charge in [-0.2, -0.15) is 0 Å². The number of piperidine rings is 1. The van der Waals surface area contributed by atoms with Crippen LogP contribution in [0.5, 0.6) is 0 Å². The maximum Gasteiger partial charge on any atom is 0.239 e. The third-order valence-electron chi connectivity index (χ3n) is 4.42. The van der Waals surface area contributed by atoms with E-state index in [1.807, 2.05) is 14.1 Å². The van der Waals surface area contributed by atoms with Gasteiger partial charge in [0.1, 0.15) is 0 Å². The summed E-state index contributed by atoms with van der Waals surface area (Å²) < 4.78 is 0. The van der Waals surface area contributed by atoms with E-state index >= 15 is 0 Å². The van der Waals surface area contributed by atoms with Gasteiger partial charge in [0.15, 0.2) is 0 Å². The van der Waals surface area contributed by atoms with Crippen LogP contribution in [0.2, 0.25) is 0 Å². The van der Waals surface area contributed by atoms with Crippen LogP contribution in [0, 0.1) is 5.92 Å². The lowest BCUT2D eigenvalue weighted by molar-refractivity contribution is -0.131. The highest BCUT2D eigenvalue weighted by Crippen LogP contribution is 2.23. The van der Waals surface area contributed by atoms with E-state index < -0.39 is 0 Å². The van der Waals surface area contributed by atoms with Gasteiger partial charge in [0.25, 0.3) is 0 Å². The average molecular weight is 288 g/mol. The molecule has 1 amide bonds. The lowest BCUT2D eigenvalue weighted by Crippen LogP contribution is -2.48. The van der Waals surface area contributed by atoms with Gasteiger partial charge in [-0.1, -0.05) is 38.1 Å². The van der Waals surface area contributed by atoms with Gasteiger partial charge in [-0.15, -0.1) is 0 Å². The van der Waals surface area contributed by atoms with Crippen molar-refractivity contribution in [3.8, 4) is 0 Å². The molecule has 0 saturated carbocycles. The highest BCUT2D eigenvalue weighted by molar-refractivity contribution is 5.81. The van der Waals surface area contributed by atoms with E-state index in [0.717, 1.165) is 25.8 Å². The van der Waals surface area contributed by atoms with Crippen LogP contribution in [-0.4, -0.2) is 37.5 Å². The number of nitrogens with one attached hydrogen (secondary N) is 1. The Hall–Kier alpha value is -1.35. The van der Waals surface area contributed by atoms with E-state index in [1.165, 1.54) is 11.1 Å². The highest BCUT2D eigenvalue weighted by atomic mass is 16.2. The van der Waals surface area contributed by atoms with Crippen molar-refractivity contribution < 1.29 is 4.79 Å². The number of hydrogen-bond acceptors (Lipinski definition) is 2. The number of amides is 1. The zero-order valence-corrected chi connectivity index (χ0v) is 13.7. The molecular weight excluding hydrogens is 260 g/mol. The molecule has 0 radical (unpaired) electrons. The van der Waals surface area contributed by atoms with Gasteiger partial charge in [0.05, 0.1) is 6.04 Å².